The number of carboxylic acids is 1. The van der Waals surface area contributed by atoms with Gasteiger partial charge in [0.2, 0.25) is 5.91 Å². The van der Waals surface area contributed by atoms with E-state index in [4.69, 9.17) is 5.11 Å². The minimum Gasteiger partial charge on any atom is -0.481 e. The molecule has 1 aliphatic rings. The molecule has 9 heteroatoms. The third-order valence-corrected chi connectivity index (χ3v) is 6.64. The Labute approximate surface area is 167 Å². The first kappa shape index (κ1) is 18.8. The number of fused-ring (bicyclic) bond motifs is 2. The molecule has 28 heavy (non-hydrogen) atoms. The van der Waals surface area contributed by atoms with Crippen LogP contribution in [-0.2, 0) is 16.1 Å². The minimum absolute atomic E-state index is 0.0177. The van der Waals surface area contributed by atoms with Gasteiger partial charge in [0.15, 0.2) is 5.82 Å². The van der Waals surface area contributed by atoms with Crippen LogP contribution in [-0.4, -0.2) is 27.2 Å². The standard InChI is InChI=1S/C19H14F2N2O3S2/c1-9-2-5-12-13(6-9)27-14(7-16(24)25)19(26)23(12)8-15-22-17-10(20)3-4-11(21)18(17)28-15/h2-6,14H,7-8H2,1H3,(H,24,25). The summed E-state index contributed by atoms with van der Waals surface area (Å²) in [5.41, 5.74) is 1.56. The van der Waals surface area contributed by atoms with Crippen molar-refractivity contribution >= 4 is 50.9 Å². The van der Waals surface area contributed by atoms with Crippen LogP contribution in [0.3, 0.4) is 0 Å². The number of carboxylic acid groups (broad SMARTS) is 1. The molecule has 0 radical (unpaired) electrons. The normalized spacial score (nSPS) is 16.5. The van der Waals surface area contributed by atoms with Crippen LogP contribution in [0.4, 0.5) is 14.5 Å². The molecule has 0 bridgehead atoms. The molecular formula is C19H14F2N2O3S2. The van der Waals surface area contributed by atoms with Gasteiger partial charge in [-0.25, -0.2) is 13.8 Å². The van der Waals surface area contributed by atoms with Crippen molar-refractivity contribution in [1.29, 1.82) is 0 Å². The topological polar surface area (TPSA) is 70.5 Å². The van der Waals surface area contributed by atoms with Crippen molar-refractivity contribution in [3.8, 4) is 0 Å². The number of thiazole rings is 1. The van der Waals surface area contributed by atoms with Crippen molar-refractivity contribution in [2.75, 3.05) is 4.90 Å². The molecule has 1 atom stereocenters. The van der Waals surface area contributed by atoms with Crippen LogP contribution in [0.25, 0.3) is 10.2 Å². The molecule has 1 unspecified atom stereocenters. The Morgan fingerprint density at radius 2 is 2.00 bits per heavy atom. The Morgan fingerprint density at radius 1 is 1.25 bits per heavy atom. The summed E-state index contributed by atoms with van der Waals surface area (Å²) >= 11 is 2.21. The van der Waals surface area contributed by atoms with Gasteiger partial charge < -0.3 is 10.0 Å². The second-order valence-electron chi connectivity index (χ2n) is 6.41. The summed E-state index contributed by atoms with van der Waals surface area (Å²) in [6, 6.07) is 7.61. The number of thioether (sulfide) groups is 1. The highest BCUT2D eigenvalue weighted by molar-refractivity contribution is 8.01. The average molecular weight is 420 g/mol. The fourth-order valence-corrected chi connectivity index (χ4v) is 5.36. The molecule has 1 N–H and O–H groups in total. The number of benzene rings is 2. The Bertz CT molecular complexity index is 1080. The van der Waals surface area contributed by atoms with E-state index in [9.17, 15) is 18.4 Å². The second-order valence-corrected chi connectivity index (χ2v) is 8.74. The number of nitrogens with zero attached hydrogens (tertiary/aromatic N) is 2. The van der Waals surface area contributed by atoms with Gasteiger partial charge >= 0.3 is 5.97 Å². The largest absolute Gasteiger partial charge is 0.481 e. The predicted octanol–water partition coefficient (Wildman–Crippen LogP) is 4.37. The van der Waals surface area contributed by atoms with Crippen LogP contribution in [0.5, 0.6) is 0 Å². The third kappa shape index (κ3) is 3.35. The predicted molar refractivity (Wildman–Crippen MR) is 104 cm³/mol. The average Bonchev–Trinajstić information content (AvgIpc) is 3.06. The van der Waals surface area contributed by atoms with Gasteiger partial charge in [0, 0.05) is 4.90 Å². The Morgan fingerprint density at radius 3 is 2.71 bits per heavy atom. The number of hydrogen-bond acceptors (Lipinski definition) is 5. The molecule has 1 aromatic heterocycles. The SMILES string of the molecule is Cc1ccc2c(c1)SC(CC(=O)O)C(=O)N2Cc1nc2c(F)ccc(F)c2s1. The molecule has 0 spiro atoms. The molecule has 4 rings (SSSR count). The van der Waals surface area contributed by atoms with E-state index >= 15 is 0 Å². The number of aromatic nitrogens is 1. The van der Waals surface area contributed by atoms with Crippen molar-refractivity contribution in [3.63, 3.8) is 0 Å². The van der Waals surface area contributed by atoms with E-state index in [1.807, 2.05) is 19.1 Å². The smallest absolute Gasteiger partial charge is 0.305 e. The van der Waals surface area contributed by atoms with Crippen LogP contribution < -0.4 is 4.90 Å². The van der Waals surface area contributed by atoms with Crippen molar-refractivity contribution < 1.29 is 23.5 Å². The molecule has 144 valence electrons. The van der Waals surface area contributed by atoms with E-state index in [2.05, 4.69) is 4.98 Å². The van der Waals surface area contributed by atoms with E-state index in [1.54, 1.807) is 6.07 Å². The Kier molecular flexibility index (Phi) is 4.80. The fraction of sp³-hybridized carbons (Fsp3) is 0.211. The first-order valence-corrected chi connectivity index (χ1v) is 10.1. The van der Waals surface area contributed by atoms with Gasteiger partial charge in [-0.1, -0.05) is 6.07 Å². The summed E-state index contributed by atoms with van der Waals surface area (Å²) in [5, 5.41) is 8.75. The number of carbonyl (C=O) groups is 2. The Balaban J connectivity index is 1.75. The van der Waals surface area contributed by atoms with Gasteiger partial charge in [-0.2, -0.15) is 0 Å². The quantitative estimate of drug-likeness (QED) is 0.679. The van der Waals surface area contributed by atoms with Gasteiger partial charge in [0.1, 0.15) is 16.3 Å². The number of aliphatic carboxylic acids is 1. The molecule has 2 heterocycles. The van der Waals surface area contributed by atoms with Crippen LogP contribution in [0.1, 0.15) is 17.0 Å². The maximum atomic E-state index is 14.0. The van der Waals surface area contributed by atoms with E-state index in [1.165, 1.54) is 16.7 Å². The molecular weight excluding hydrogens is 406 g/mol. The number of carbonyl (C=O) groups excluding carboxylic acids is 1. The summed E-state index contributed by atoms with van der Waals surface area (Å²) in [6.07, 6.45) is -0.309. The van der Waals surface area contributed by atoms with Crippen LogP contribution in [0.15, 0.2) is 35.2 Å². The third-order valence-electron chi connectivity index (χ3n) is 4.36. The van der Waals surface area contributed by atoms with Gasteiger partial charge in [-0.05, 0) is 36.8 Å². The molecule has 0 saturated heterocycles. The highest BCUT2D eigenvalue weighted by Crippen LogP contribution is 2.42. The van der Waals surface area contributed by atoms with Gasteiger partial charge in [-0.3, -0.25) is 9.59 Å². The van der Waals surface area contributed by atoms with Crippen molar-refractivity contribution in [3.05, 3.63) is 52.5 Å². The lowest BCUT2D eigenvalue weighted by Gasteiger charge is -2.33. The van der Waals surface area contributed by atoms with Crippen molar-refractivity contribution in [2.45, 2.75) is 30.0 Å². The molecule has 0 fully saturated rings. The highest BCUT2D eigenvalue weighted by Gasteiger charge is 2.35. The van der Waals surface area contributed by atoms with E-state index in [-0.39, 0.29) is 29.1 Å². The molecule has 3 aromatic rings. The lowest BCUT2D eigenvalue weighted by atomic mass is 10.1. The minimum atomic E-state index is -1.06. The van der Waals surface area contributed by atoms with Crippen molar-refractivity contribution in [2.24, 2.45) is 0 Å². The molecule has 0 aliphatic carbocycles. The zero-order valence-electron chi connectivity index (χ0n) is 14.6. The summed E-state index contributed by atoms with van der Waals surface area (Å²) < 4.78 is 28.0. The number of rotatable bonds is 4. The van der Waals surface area contributed by atoms with Crippen LogP contribution in [0, 0.1) is 18.6 Å². The van der Waals surface area contributed by atoms with E-state index < -0.39 is 22.9 Å². The van der Waals surface area contributed by atoms with E-state index in [0.717, 1.165) is 33.9 Å². The number of aryl methyl sites for hydroxylation is 1. The zero-order chi connectivity index (χ0) is 20.0. The maximum absolute atomic E-state index is 14.0. The monoisotopic (exact) mass is 420 g/mol. The van der Waals surface area contributed by atoms with Crippen molar-refractivity contribution in [1.82, 2.24) is 4.98 Å². The molecule has 0 saturated carbocycles. The Hall–Kier alpha value is -2.52. The zero-order valence-corrected chi connectivity index (χ0v) is 16.2. The van der Waals surface area contributed by atoms with Crippen LogP contribution >= 0.6 is 23.1 Å². The second kappa shape index (κ2) is 7.14. The number of amides is 1. The summed E-state index contributed by atoms with van der Waals surface area (Å²) in [7, 11) is 0. The number of halogens is 2. The fourth-order valence-electron chi connectivity index (χ4n) is 3.08. The lowest BCUT2D eigenvalue weighted by Crippen LogP contribution is -2.41. The number of hydrogen-bond donors (Lipinski definition) is 1. The summed E-state index contributed by atoms with van der Waals surface area (Å²) in [5.74, 6) is -2.62. The number of anilines is 1. The first-order valence-electron chi connectivity index (χ1n) is 8.37. The molecule has 1 amide bonds. The van der Waals surface area contributed by atoms with Crippen LogP contribution in [0.2, 0.25) is 0 Å². The highest BCUT2D eigenvalue weighted by atomic mass is 32.2. The first-order chi connectivity index (χ1) is 13.3. The van der Waals surface area contributed by atoms with E-state index in [0.29, 0.717) is 10.7 Å². The molecule has 1 aliphatic heterocycles. The summed E-state index contributed by atoms with van der Waals surface area (Å²) in [6.45, 7) is 1.93. The lowest BCUT2D eigenvalue weighted by molar-refractivity contribution is -0.138. The van der Waals surface area contributed by atoms with Gasteiger partial charge in [0.25, 0.3) is 0 Å². The molecule has 5 nitrogen and oxygen atoms in total. The summed E-state index contributed by atoms with van der Waals surface area (Å²) in [4.78, 5) is 30.5. The van der Waals surface area contributed by atoms with Gasteiger partial charge in [-0.15, -0.1) is 23.1 Å². The van der Waals surface area contributed by atoms with Gasteiger partial charge in [0.05, 0.1) is 28.6 Å². The maximum Gasteiger partial charge on any atom is 0.305 e. The molecule has 2 aromatic carbocycles.